The third kappa shape index (κ3) is 5.53. The van der Waals surface area contributed by atoms with E-state index >= 15 is 0 Å². The highest BCUT2D eigenvalue weighted by atomic mass is 16.3. The molecule has 0 spiro atoms. The first-order chi connectivity index (χ1) is 7.34. The summed E-state index contributed by atoms with van der Waals surface area (Å²) in [4.78, 5) is 0. The maximum atomic E-state index is 10.0. The average Bonchev–Trinajstić information content (AvgIpc) is 2.30. The molecule has 1 unspecified atom stereocenters. The Kier molecular flexibility index (Phi) is 7.03. The van der Waals surface area contributed by atoms with E-state index in [2.05, 4.69) is 12.2 Å². The molecule has 2 nitrogen and oxygen atoms in total. The van der Waals surface area contributed by atoms with Gasteiger partial charge in [-0.25, -0.2) is 0 Å². The Morgan fingerprint density at radius 1 is 1.13 bits per heavy atom. The normalized spacial score (nSPS) is 20.4. The van der Waals surface area contributed by atoms with Gasteiger partial charge in [0.1, 0.15) is 0 Å². The molecule has 0 amide bonds. The zero-order chi connectivity index (χ0) is 10.9. The van der Waals surface area contributed by atoms with Crippen LogP contribution in [0.2, 0.25) is 0 Å². The lowest BCUT2D eigenvalue weighted by Gasteiger charge is -2.27. The van der Waals surface area contributed by atoms with Crippen molar-refractivity contribution in [2.75, 3.05) is 13.1 Å². The predicted octanol–water partition coefficient (Wildman–Crippen LogP) is 2.71. The van der Waals surface area contributed by atoms with Crippen molar-refractivity contribution in [2.24, 2.45) is 5.92 Å². The van der Waals surface area contributed by atoms with Gasteiger partial charge in [-0.3, -0.25) is 0 Å². The van der Waals surface area contributed by atoms with Crippen molar-refractivity contribution in [3.05, 3.63) is 0 Å². The van der Waals surface area contributed by atoms with Gasteiger partial charge in [-0.05, 0) is 38.3 Å². The lowest BCUT2D eigenvalue weighted by atomic mass is 9.89. The molecule has 1 heterocycles. The Morgan fingerprint density at radius 3 is 2.47 bits per heavy atom. The van der Waals surface area contributed by atoms with Gasteiger partial charge in [0, 0.05) is 0 Å². The van der Waals surface area contributed by atoms with Gasteiger partial charge in [-0.2, -0.15) is 0 Å². The summed E-state index contributed by atoms with van der Waals surface area (Å²) in [6.45, 7) is 4.43. The van der Waals surface area contributed by atoms with Crippen LogP contribution < -0.4 is 5.32 Å². The lowest BCUT2D eigenvalue weighted by molar-refractivity contribution is 0.0785. The molecule has 15 heavy (non-hydrogen) atoms. The standard InChI is InChI=1S/C13H27NO/c1-2-3-4-5-6-7-13(15)12-8-10-14-11-9-12/h12-15H,2-11H2,1H3. The smallest absolute Gasteiger partial charge is 0.0569 e. The maximum absolute atomic E-state index is 10.0. The Bertz CT molecular complexity index is 143. The number of nitrogens with one attached hydrogen (secondary N) is 1. The number of aliphatic hydroxyl groups is 1. The first-order valence-corrected chi connectivity index (χ1v) is 6.73. The van der Waals surface area contributed by atoms with E-state index in [9.17, 15) is 5.11 Å². The number of hydrogen-bond acceptors (Lipinski definition) is 2. The Hall–Kier alpha value is -0.0800. The first-order valence-electron chi connectivity index (χ1n) is 6.73. The van der Waals surface area contributed by atoms with Gasteiger partial charge < -0.3 is 10.4 Å². The molecule has 0 saturated carbocycles. The fourth-order valence-corrected chi connectivity index (χ4v) is 2.42. The molecular formula is C13H27NO. The van der Waals surface area contributed by atoms with E-state index in [1.807, 2.05) is 0 Å². The first kappa shape index (κ1) is 13.0. The molecule has 1 fully saturated rings. The van der Waals surface area contributed by atoms with Crippen LogP contribution in [0.1, 0.15) is 58.3 Å². The summed E-state index contributed by atoms with van der Waals surface area (Å²) in [6, 6.07) is 0. The SMILES string of the molecule is CCCCCCCC(O)C1CCNCC1. The fourth-order valence-electron chi connectivity index (χ4n) is 2.42. The van der Waals surface area contributed by atoms with E-state index in [-0.39, 0.29) is 6.10 Å². The van der Waals surface area contributed by atoms with E-state index < -0.39 is 0 Å². The fraction of sp³-hybridized carbons (Fsp3) is 1.00. The molecule has 0 radical (unpaired) electrons. The molecule has 1 saturated heterocycles. The van der Waals surface area contributed by atoms with Gasteiger partial charge in [0.15, 0.2) is 0 Å². The van der Waals surface area contributed by atoms with Crippen LogP contribution in [0.15, 0.2) is 0 Å². The largest absolute Gasteiger partial charge is 0.393 e. The Labute approximate surface area is 94.5 Å². The zero-order valence-corrected chi connectivity index (χ0v) is 10.2. The minimum absolute atomic E-state index is 0.0336. The van der Waals surface area contributed by atoms with Crippen molar-refractivity contribution in [2.45, 2.75) is 64.4 Å². The Balaban J connectivity index is 1.99. The van der Waals surface area contributed by atoms with Crippen LogP contribution in [0, 0.1) is 5.92 Å². The minimum Gasteiger partial charge on any atom is -0.393 e. The average molecular weight is 213 g/mol. The third-order valence-electron chi connectivity index (χ3n) is 3.53. The van der Waals surface area contributed by atoms with Crippen molar-refractivity contribution < 1.29 is 5.11 Å². The highest BCUT2D eigenvalue weighted by molar-refractivity contribution is 4.75. The minimum atomic E-state index is -0.0336. The number of hydrogen-bond donors (Lipinski definition) is 2. The summed E-state index contributed by atoms with van der Waals surface area (Å²) in [6.07, 6.45) is 9.82. The van der Waals surface area contributed by atoms with Gasteiger partial charge in [0.2, 0.25) is 0 Å². The van der Waals surface area contributed by atoms with Gasteiger partial charge in [-0.1, -0.05) is 39.0 Å². The second-order valence-electron chi connectivity index (χ2n) is 4.86. The second kappa shape index (κ2) is 8.12. The van der Waals surface area contributed by atoms with Crippen LogP contribution in [0.25, 0.3) is 0 Å². The quantitative estimate of drug-likeness (QED) is 0.637. The highest BCUT2D eigenvalue weighted by Gasteiger charge is 2.20. The summed E-state index contributed by atoms with van der Waals surface area (Å²) in [7, 11) is 0. The van der Waals surface area contributed by atoms with E-state index in [0.29, 0.717) is 5.92 Å². The summed E-state index contributed by atoms with van der Waals surface area (Å²) in [5, 5.41) is 13.3. The summed E-state index contributed by atoms with van der Waals surface area (Å²) in [5.74, 6) is 0.567. The van der Waals surface area contributed by atoms with Crippen molar-refractivity contribution in [3.63, 3.8) is 0 Å². The molecule has 90 valence electrons. The van der Waals surface area contributed by atoms with E-state index in [0.717, 1.165) is 32.4 Å². The maximum Gasteiger partial charge on any atom is 0.0569 e. The molecule has 1 aliphatic heterocycles. The Morgan fingerprint density at radius 2 is 1.80 bits per heavy atom. The molecule has 2 N–H and O–H groups in total. The van der Waals surface area contributed by atoms with E-state index in [1.54, 1.807) is 0 Å². The van der Waals surface area contributed by atoms with E-state index in [4.69, 9.17) is 0 Å². The molecule has 0 aromatic carbocycles. The van der Waals surface area contributed by atoms with Gasteiger partial charge in [-0.15, -0.1) is 0 Å². The van der Waals surface area contributed by atoms with Crippen molar-refractivity contribution in [3.8, 4) is 0 Å². The molecule has 0 aliphatic carbocycles. The monoisotopic (exact) mass is 213 g/mol. The molecule has 1 aliphatic rings. The van der Waals surface area contributed by atoms with Crippen LogP contribution in [-0.4, -0.2) is 24.3 Å². The third-order valence-corrected chi connectivity index (χ3v) is 3.53. The van der Waals surface area contributed by atoms with Crippen LogP contribution in [-0.2, 0) is 0 Å². The predicted molar refractivity (Wildman–Crippen MR) is 65.0 cm³/mol. The van der Waals surface area contributed by atoms with Gasteiger partial charge in [0.25, 0.3) is 0 Å². The topological polar surface area (TPSA) is 32.3 Å². The van der Waals surface area contributed by atoms with E-state index in [1.165, 1.54) is 32.1 Å². The van der Waals surface area contributed by atoms with Gasteiger partial charge >= 0.3 is 0 Å². The van der Waals surface area contributed by atoms with Crippen LogP contribution in [0.5, 0.6) is 0 Å². The van der Waals surface area contributed by atoms with Crippen molar-refractivity contribution in [1.29, 1.82) is 0 Å². The van der Waals surface area contributed by atoms with Crippen LogP contribution in [0.3, 0.4) is 0 Å². The van der Waals surface area contributed by atoms with Crippen LogP contribution in [0.4, 0.5) is 0 Å². The highest BCUT2D eigenvalue weighted by Crippen LogP contribution is 2.20. The number of piperidine rings is 1. The number of aliphatic hydroxyl groups excluding tert-OH is 1. The van der Waals surface area contributed by atoms with Crippen molar-refractivity contribution in [1.82, 2.24) is 5.32 Å². The number of rotatable bonds is 7. The molecule has 0 aromatic heterocycles. The molecule has 1 atom stereocenters. The summed E-state index contributed by atoms with van der Waals surface area (Å²) < 4.78 is 0. The number of unbranched alkanes of at least 4 members (excludes halogenated alkanes) is 4. The lowest BCUT2D eigenvalue weighted by Crippen LogP contribution is -2.34. The second-order valence-corrected chi connectivity index (χ2v) is 4.86. The summed E-state index contributed by atoms with van der Waals surface area (Å²) >= 11 is 0. The zero-order valence-electron chi connectivity index (χ0n) is 10.2. The van der Waals surface area contributed by atoms with Crippen molar-refractivity contribution >= 4 is 0 Å². The summed E-state index contributed by atoms with van der Waals surface area (Å²) in [5.41, 5.74) is 0. The van der Waals surface area contributed by atoms with Gasteiger partial charge in [0.05, 0.1) is 6.10 Å². The molecule has 0 bridgehead atoms. The van der Waals surface area contributed by atoms with Crippen LogP contribution >= 0.6 is 0 Å². The molecule has 1 rings (SSSR count). The molecular weight excluding hydrogens is 186 g/mol. The molecule has 0 aromatic rings. The molecule has 2 heteroatoms.